The molecule has 2 aliphatic heterocycles. The van der Waals surface area contributed by atoms with Crippen LogP contribution in [0.25, 0.3) is 0 Å². The number of benzene rings is 1. The van der Waals surface area contributed by atoms with Crippen LogP contribution in [0, 0.1) is 0 Å². The molecule has 2 heterocycles. The summed E-state index contributed by atoms with van der Waals surface area (Å²) >= 11 is 0. The molecule has 2 aliphatic rings. The number of ether oxygens (including phenoxy) is 1. The van der Waals surface area contributed by atoms with E-state index in [0.29, 0.717) is 12.1 Å². The summed E-state index contributed by atoms with van der Waals surface area (Å²) in [6, 6.07) is 11.7. The minimum absolute atomic E-state index is 0.275. The summed E-state index contributed by atoms with van der Waals surface area (Å²) in [7, 11) is 0. The van der Waals surface area contributed by atoms with Gasteiger partial charge in [0.05, 0.1) is 18.8 Å². The van der Waals surface area contributed by atoms with E-state index in [0.717, 1.165) is 19.7 Å². The van der Waals surface area contributed by atoms with E-state index >= 15 is 0 Å². The molecule has 3 rings (SSSR count). The van der Waals surface area contributed by atoms with Gasteiger partial charge in [-0.15, -0.1) is 0 Å². The van der Waals surface area contributed by atoms with Crippen molar-refractivity contribution in [3.05, 3.63) is 35.9 Å². The summed E-state index contributed by atoms with van der Waals surface area (Å²) in [5.74, 6) is 0. The highest BCUT2D eigenvalue weighted by molar-refractivity contribution is 5.20. The normalized spacial score (nSPS) is 29.1. The Labute approximate surface area is 115 Å². The van der Waals surface area contributed by atoms with Crippen molar-refractivity contribution in [3.63, 3.8) is 0 Å². The zero-order valence-electron chi connectivity index (χ0n) is 11.7. The Kier molecular flexibility index (Phi) is 4.16. The zero-order chi connectivity index (χ0) is 13.1. The second-order valence-electron chi connectivity index (χ2n) is 5.61. The van der Waals surface area contributed by atoms with Gasteiger partial charge in [0.1, 0.15) is 0 Å². The maximum atomic E-state index is 6.16. The lowest BCUT2D eigenvalue weighted by Crippen LogP contribution is -2.50. The number of nitrogens with one attached hydrogen (secondary N) is 1. The Balaban J connectivity index is 1.73. The summed E-state index contributed by atoms with van der Waals surface area (Å²) in [5.41, 5.74) is 1.34. The highest BCUT2D eigenvalue weighted by atomic mass is 16.5. The Morgan fingerprint density at radius 3 is 3.00 bits per heavy atom. The zero-order valence-corrected chi connectivity index (χ0v) is 11.7. The van der Waals surface area contributed by atoms with Gasteiger partial charge in [0.25, 0.3) is 0 Å². The minimum Gasteiger partial charge on any atom is -0.373 e. The van der Waals surface area contributed by atoms with Gasteiger partial charge in [-0.25, -0.2) is 0 Å². The van der Waals surface area contributed by atoms with E-state index in [4.69, 9.17) is 4.74 Å². The lowest BCUT2D eigenvalue weighted by molar-refractivity contribution is -0.0650. The minimum atomic E-state index is 0.275. The lowest BCUT2D eigenvalue weighted by atomic mass is 9.99. The molecule has 1 aromatic rings. The fourth-order valence-electron chi connectivity index (χ4n) is 3.39. The molecule has 0 aliphatic carbocycles. The lowest BCUT2D eigenvalue weighted by Gasteiger charge is -2.39. The van der Waals surface area contributed by atoms with Crippen molar-refractivity contribution in [3.8, 4) is 0 Å². The van der Waals surface area contributed by atoms with Crippen molar-refractivity contribution >= 4 is 0 Å². The fourth-order valence-corrected chi connectivity index (χ4v) is 3.39. The van der Waals surface area contributed by atoms with Gasteiger partial charge in [-0.3, -0.25) is 4.90 Å². The van der Waals surface area contributed by atoms with E-state index in [1.165, 1.54) is 24.9 Å². The molecule has 0 radical (unpaired) electrons. The summed E-state index contributed by atoms with van der Waals surface area (Å²) in [4.78, 5) is 2.61. The van der Waals surface area contributed by atoms with Crippen LogP contribution < -0.4 is 5.32 Å². The van der Waals surface area contributed by atoms with E-state index in [1.807, 2.05) is 0 Å². The van der Waals surface area contributed by atoms with Gasteiger partial charge in [-0.2, -0.15) is 0 Å². The van der Waals surface area contributed by atoms with Crippen LogP contribution in [0.4, 0.5) is 0 Å². The van der Waals surface area contributed by atoms with Crippen molar-refractivity contribution in [2.24, 2.45) is 0 Å². The van der Waals surface area contributed by atoms with Gasteiger partial charge < -0.3 is 10.1 Å². The quantitative estimate of drug-likeness (QED) is 0.898. The van der Waals surface area contributed by atoms with E-state index in [2.05, 4.69) is 47.5 Å². The van der Waals surface area contributed by atoms with Crippen LogP contribution in [0.5, 0.6) is 0 Å². The Hall–Kier alpha value is -0.900. The SMILES string of the molecule is CCNC(c1ccccc1)C1CN2CCCC2CO1. The van der Waals surface area contributed by atoms with E-state index in [-0.39, 0.29) is 6.10 Å². The second kappa shape index (κ2) is 6.04. The highest BCUT2D eigenvalue weighted by Gasteiger charge is 2.35. The Morgan fingerprint density at radius 2 is 2.21 bits per heavy atom. The topological polar surface area (TPSA) is 24.5 Å². The first-order valence-corrected chi connectivity index (χ1v) is 7.52. The molecular formula is C16H24N2O. The number of hydrogen-bond donors (Lipinski definition) is 1. The molecular weight excluding hydrogens is 236 g/mol. The standard InChI is InChI=1S/C16H24N2O/c1-2-17-16(13-7-4-3-5-8-13)15-11-18-10-6-9-14(18)12-19-15/h3-5,7-8,14-17H,2,6,9-12H2,1H3. The molecule has 1 aromatic carbocycles. The van der Waals surface area contributed by atoms with E-state index < -0.39 is 0 Å². The molecule has 19 heavy (non-hydrogen) atoms. The van der Waals surface area contributed by atoms with E-state index in [9.17, 15) is 0 Å². The third kappa shape index (κ3) is 2.83. The van der Waals surface area contributed by atoms with Crippen LogP contribution in [0.2, 0.25) is 0 Å². The predicted molar refractivity (Wildman–Crippen MR) is 77.2 cm³/mol. The first kappa shape index (κ1) is 13.1. The van der Waals surface area contributed by atoms with Gasteiger partial charge in [-0.05, 0) is 31.5 Å². The maximum Gasteiger partial charge on any atom is 0.0897 e. The number of likely N-dealkylation sites (N-methyl/N-ethyl adjacent to an activating group) is 1. The third-order valence-corrected chi connectivity index (χ3v) is 4.37. The van der Waals surface area contributed by atoms with Crippen LogP contribution in [0.3, 0.4) is 0 Å². The maximum absolute atomic E-state index is 6.16. The van der Waals surface area contributed by atoms with Gasteiger partial charge in [-0.1, -0.05) is 37.3 Å². The average Bonchev–Trinajstić information content (AvgIpc) is 2.93. The smallest absolute Gasteiger partial charge is 0.0897 e. The number of hydrogen-bond acceptors (Lipinski definition) is 3. The molecule has 2 fully saturated rings. The molecule has 0 amide bonds. The molecule has 2 saturated heterocycles. The van der Waals surface area contributed by atoms with Crippen molar-refractivity contribution < 1.29 is 4.74 Å². The third-order valence-electron chi connectivity index (χ3n) is 4.37. The van der Waals surface area contributed by atoms with E-state index in [1.54, 1.807) is 0 Å². The van der Waals surface area contributed by atoms with Crippen LogP contribution >= 0.6 is 0 Å². The molecule has 0 bridgehead atoms. The largest absolute Gasteiger partial charge is 0.373 e. The predicted octanol–water partition coefficient (Wildman–Crippen LogP) is 2.20. The van der Waals surface area contributed by atoms with Gasteiger partial charge in [0.15, 0.2) is 0 Å². The second-order valence-corrected chi connectivity index (χ2v) is 5.61. The van der Waals surface area contributed by atoms with Gasteiger partial charge in [0, 0.05) is 12.6 Å². The van der Waals surface area contributed by atoms with Crippen molar-refractivity contribution in [2.45, 2.75) is 38.0 Å². The summed E-state index contributed by atoms with van der Waals surface area (Å²) in [6.45, 7) is 6.36. The summed E-state index contributed by atoms with van der Waals surface area (Å²) in [6.07, 6.45) is 2.92. The molecule has 0 aromatic heterocycles. The van der Waals surface area contributed by atoms with Crippen LogP contribution in [0.1, 0.15) is 31.4 Å². The molecule has 3 atom stereocenters. The fraction of sp³-hybridized carbons (Fsp3) is 0.625. The van der Waals surface area contributed by atoms with Gasteiger partial charge in [0.2, 0.25) is 0 Å². The Bertz CT molecular complexity index is 395. The van der Waals surface area contributed by atoms with Crippen molar-refractivity contribution in [2.75, 3.05) is 26.2 Å². The molecule has 3 heteroatoms. The van der Waals surface area contributed by atoms with Crippen LogP contribution in [-0.2, 0) is 4.74 Å². The monoisotopic (exact) mass is 260 g/mol. The number of morpholine rings is 1. The first-order valence-electron chi connectivity index (χ1n) is 7.52. The Morgan fingerprint density at radius 1 is 1.37 bits per heavy atom. The molecule has 104 valence electrons. The van der Waals surface area contributed by atoms with Crippen LogP contribution in [-0.4, -0.2) is 43.3 Å². The first-order chi connectivity index (χ1) is 9.38. The molecule has 0 spiro atoms. The summed E-state index contributed by atoms with van der Waals surface area (Å²) in [5, 5.41) is 3.60. The number of rotatable bonds is 4. The van der Waals surface area contributed by atoms with Crippen LogP contribution in [0.15, 0.2) is 30.3 Å². The molecule has 3 nitrogen and oxygen atoms in total. The number of nitrogens with zero attached hydrogens (tertiary/aromatic N) is 1. The molecule has 1 N–H and O–H groups in total. The van der Waals surface area contributed by atoms with Crippen molar-refractivity contribution in [1.29, 1.82) is 0 Å². The molecule has 3 unspecified atom stereocenters. The highest BCUT2D eigenvalue weighted by Crippen LogP contribution is 2.28. The van der Waals surface area contributed by atoms with Crippen molar-refractivity contribution in [1.82, 2.24) is 10.2 Å². The summed E-state index contributed by atoms with van der Waals surface area (Å²) < 4.78 is 6.16. The molecule has 0 saturated carbocycles. The average molecular weight is 260 g/mol. The van der Waals surface area contributed by atoms with Gasteiger partial charge >= 0.3 is 0 Å². The number of fused-ring (bicyclic) bond motifs is 1.